The Morgan fingerprint density at radius 1 is 1.12 bits per heavy atom. The smallest absolute Gasteiger partial charge is 0.321 e. The van der Waals surface area contributed by atoms with E-state index < -0.39 is 0 Å². The van der Waals surface area contributed by atoms with Crippen molar-refractivity contribution in [2.24, 2.45) is 23.7 Å². The lowest BCUT2D eigenvalue weighted by molar-refractivity contribution is -0.143. The van der Waals surface area contributed by atoms with Gasteiger partial charge in [0.25, 0.3) is 0 Å². The van der Waals surface area contributed by atoms with Crippen LogP contribution in [0.2, 0.25) is 0 Å². The molecule has 0 aromatic heterocycles. The van der Waals surface area contributed by atoms with Crippen LogP contribution in [0.4, 0.5) is 0 Å². The molecule has 6 heteroatoms. The van der Waals surface area contributed by atoms with Gasteiger partial charge in [-0.05, 0) is 68.9 Å². The normalized spacial score (nSPS) is 43.0. The van der Waals surface area contributed by atoms with Crippen molar-refractivity contribution >= 4 is 5.97 Å². The van der Waals surface area contributed by atoms with Crippen LogP contribution in [0.3, 0.4) is 0 Å². The van der Waals surface area contributed by atoms with Gasteiger partial charge in [0.1, 0.15) is 6.54 Å². The number of fused-ring (bicyclic) bond motifs is 3. The predicted octanol–water partition coefficient (Wildman–Crippen LogP) is 0.352. The first-order valence-electron chi connectivity index (χ1n) is 9.77. The molecule has 4 rings (SSSR count). The highest BCUT2D eigenvalue weighted by molar-refractivity contribution is 5.71. The number of esters is 1. The first-order valence-corrected chi connectivity index (χ1v) is 9.77. The van der Waals surface area contributed by atoms with Crippen LogP contribution in [0.15, 0.2) is 0 Å². The lowest BCUT2D eigenvalue weighted by Gasteiger charge is -2.48. The van der Waals surface area contributed by atoms with Crippen LogP contribution in [-0.4, -0.2) is 62.9 Å². The van der Waals surface area contributed by atoms with Crippen LogP contribution in [0.25, 0.3) is 0 Å². The molecule has 6 unspecified atom stereocenters. The van der Waals surface area contributed by atoms with Gasteiger partial charge in [-0.25, -0.2) is 5.01 Å². The highest BCUT2D eigenvalue weighted by Crippen LogP contribution is 2.43. The number of carbonyl (C=O) groups is 1. The first kappa shape index (κ1) is 16.8. The largest absolute Gasteiger partial charge is 0.468 e. The fourth-order valence-corrected chi connectivity index (χ4v) is 5.73. The standard InChI is InChI=1S/C18H32N4O2/c1-24-18(23)11-22-17-10-20-16-5-4-12(13-3-2-6-19-8-13)7-14(16)15(17)9-21-22/h12-17,19-21H,2-11H2,1H3. The van der Waals surface area contributed by atoms with E-state index in [-0.39, 0.29) is 5.97 Å². The summed E-state index contributed by atoms with van der Waals surface area (Å²) in [5.41, 5.74) is 3.47. The minimum absolute atomic E-state index is 0.153. The average molecular weight is 336 g/mol. The summed E-state index contributed by atoms with van der Waals surface area (Å²) in [4.78, 5) is 11.7. The lowest BCUT2D eigenvalue weighted by Crippen LogP contribution is -2.58. The third kappa shape index (κ3) is 3.21. The van der Waals surface area contributed by atoms with Gasteiger partial charge < -0.3 is 15.4 Å². The van der Waals surface area contributed by atoms with E-state index in [0.717, 1.165) is 30.8 Å². The maximum absolute atomic E-state index is 11.7. The Balaban J connectivity index is 1.40. The fraction of sp³-hybridized carbons (Fsp3) is 0.944. The van der Waals surface area contributed by atoms with Crippen molar-refractivity contribution in [2.75, 3.05) is 39.8 Å². The molecule has 3 heterocycles. The molecule has 0 bridgehead atoms. The number of piperidine rings is 2. The van der Waals surface area contributed by atoms with Crippen molar-refractivity contribution in [3.8, 4) is 0 Å². The lowest BCUT2D eigenvalue weighted by atomic mass is 9.64. The molecular weight excluding hydrogens is 304 g/mol. The second-order valence-electron chi connectivity index (χ2n) is 8.16. The van der Waals surface area contributed by atoms with E-state index in [4.69, 9.17) is 4.74 Å². The number of methoxy groups -OCH3 is 1. The zero-order valence-electron chi connectivity index (χ0n) is 14.8. The van der Waals surface area contributed by atoms with Crippen molar-refractivity contribution in [3.63, 3.8) is 0 Å². The van der Waals surface area contributed by atoms with Gasteiger partial charge in [0.05, 0.1) is 7.11 Å². The molecule has 0 aromatic rings. The number of nitrogens with zero attached hydrogens (tertiary/aromatic N) is 1. The molecule has 0 aromatic carbocycles. The molecular formula is C18H32N4O2. The molecule has 0 spiro atoms. The average Bonchev–Trinajstić information content (AvgIpc) is 3.05. The molecule has 4 fully saturated rings. The maximum Gasteiger partial charge on any atom is 0.321 e. The Kier molecular flexibility index (Phi) is 5.08. The molecule has 6 nitrogen and oxygen atoms in total. The molecule has 24 heavy (non-hydrogen) atoms. The Morgan fingerprint density at radius 3 is 2.83 bits per heavy atom. The topological polar surface area (TPSA) is 65.6 Å². The van der Waals surface area contributed by atoms with Gasteiger partial charge in [0, 0.05) is 25.2 Å². The second kappa shape index (κ2) is 7.28. The van der Waals surface area contributed by atoms with E-state index in [1.807, 2.05) is 0 Å². The predicted molar refractivity (Wildman–Crippen MR) is 92.2 cm³/mol. The molecule has 3 saturated heterocycles. The minimum Gasteiger partial charge on any atom is -0.468 e. The van der Waals surface area contributed by atoms with Crippen LogP contribution >= 0.6 is 0 Å². The quantitative estimate of drug-likeness (QED) is 0.647. The van der Waals surface area contributed by atoms with Crippen LogP contribution in [-0.2, 0) is 9.53 Å². The SMILES string of the molecule is COC(=O)CN1NCC2C3CC(C4CCCNC4)CCC3NCC21. The third-order valence-electron chi connectivity index (χ3n) is 7.03. The summed E-state index contributed by atoms with van der Waals surface area (Å²) in [5, 5.41) is 9.50. The van der Waals surface area contributed by atoms with Crippen LogP contribution < -0.4 is 16.1 Å². The highest BCUT2D eigenvalue weighted by atomic mass is 16.5. The van der Waals surface area contributed by atoms with Crippen molar-refractivity contribution < 1.29 is 9.53 Å². The Labute approximate surface area is 145 Å². The fourth-order valence-electron chi connectivity index (χ4n) is 5.73. The number of hydrogen-bond donors (Lipinski definition) is 3. The number of ether oxygens (including phenoxy) is 1. The maximum atomic E-state index is 11.7. The summed E-state index contributed by atoms with van der Waals surface area (Å²) >= 11 is 0. The summed E-state index contributed by atoms with van der Waals surface area (Å²) in [5.74, 6) is 3.02. The number of nitrogens with one attached hydrogen (secondary N) is 3. The van der Waals surface area contributed by atoms with E-state index in [0.29, 0.717) is 24.5 Å². The molecule has 3 N–H and O–H groups in total. The zero-order valence-corrected chi connectivity index (χ0v) is 14.8. The molecule has 4 aliphatic rings. The van der Waals surface area contributed by atoms with E-state index in [1.165, 1.54) is 52.3 Å². The zero-order chi connectivity index (χ0) is 16.5. The van der Waals surface area contributed by atoms with Crippen molar-refractivity contribution in [2.45, 2.75) is 44.2 Å². The van der Waals surface area contributed by atoms with Gasteiger partial charge in [-0.1, -0.05) is 0 Å². The van der Waals surface area contributed by atoms with Crippen LogP contribution in [0, 0.1) is 23.7 Å². The van der Waals surface area contributed by atoms with Gasteiger partial charge in [0.2, 0.25) is 0 Å². The minimum atomic E-state index is -0.153. The third-order valence-corrected chi connectivity index (χ3v) is 7.03. The number of carbonyl (C=O) groups excluding carboxylic acids is 1. The molecule has 1 aliphatic carbocycles. The van der Waals surface area contributed by atoms with Gasteiger partial charge in [0.15, 0.2) is 0 Å². The van der Waals surface area contributed by atoms with E-state index in [1.54, 1.807) is 0 Å². The molecule has 6 atom stereocenters. The summed E-state index contributed by atoms with van der Waals surface area (Å²) < 4.78 is 4.85. The summed E-state index contributed by atoms with van der Waals surface area (Å²) in [6.45, 7) is 4.78. The van der Waals surface area contributed by atoms with Crippen LogP contribution in [0.1, 0.15) is 32.1 Å². The highest BCUT2D eigenvalue weighted by Gasteiger charge is 2.48. The number of hydrazine groups is 1. The Hall–Kier alpha value is -0.690. The first-order chi connectivity index (χ1) is 11.8. The van der Waals surface area contributed by atoms with E-state index >= 15 is 0 Å². The Morgan fingerprint density at radius 2 is 2.04 bits per heavy atom. The second-order valence-corrected chi connectivity index (χ2v) is 8.16. The number of rotatable bonds is 3. The van der Waals surface area contributed by atoms with Crippen molar-refractivity contribution in [1.82, 2.24) is 21.1 Å². The summed E-state index contributed by atoms with van der Waals surface area (Å²) in [7, 11) is 1.47. The van der Waals surface area contributed by atoms with Crippen molar-refractivity contribution in [1.29, 1.82) is 0 Å². The summed E-state index contributed by atoms with van der Waals surface area (Å²) in [6, 6.07) is 1.10. The molecule has 3 aliphatic heterocycles. The monoisotopic (exact) mass is 336 g/mol. The molecule has 0 amide bonds. The molecule has 0 radical (unpaired) electrons. The van der Waals surface area contributed by atoms with Crippen molar-refractivity contribution in [3.05, 3.63) is 0 Å². The molecule has 136 valence electrons. The van der Waals surface area contributed by atoms with E-state index in [2.05, 4.69) is 21.1 Å². The van der Waals surface area contributed by atoms with Crippen LogP contribution in [0.5, 0.6) is 0 Å². The molecule has 1 saturated carbocycles. The van der Waals surface area contributed by atoms with Gasteiger partial charge in [-0.15, -0.1) is 0 Å². The van der Waals surface area contributed by atoms with Gasteiger partial charge in [-0.3, -0.25) is 10.2 Å². The summed E-state index contributed by atoms with van der Waals surface area (Å²) in [6.07, 6.45) is 6.82. The number of hydrogen-bond acceptors (Lipinski definition) is 6. The van der Waals surface area contributed by atoms with Gasteiger partial charge >= 0.3 is 5.97 Å². The van der Waals surface area contributed by atoms with E-state index in [9.17, 15) is 4.79 Å². The van der Waals surface area contributed by atoms with Gasteiger partial charge in [-0.2, -0.15) is 0 Å². The Bertz CT molecular complexity index is 454.